The van der Waals surface area contributed by atoms with E-state index in [0.29, 0.717) is 11.3 Å². The average Bonchev–Trinajstić information content (AvgIpc) is 2.56. The monoisotopic (exact) mass is 352 g/mol. The first kappa shape index (κ1) is 24.5. The van der Waals surface area contributed by atoms with E-state index in [4.69, 9.17) is 4.74 Å². The highest BCUT2D eigenvalue weighted by atomic mass is 16.6. The van der Waals surface area contributed by atoms with Crippen molar-refractivity contribution in [1.82, 2.24) is 0 Å². The molecular formula is C23H44O2. The molecule has 0 amide bonds. The van der Waals surface area contributed by atoms with Crippen molar-refractivity contribution in [2.45, 2.75) is 111 Å². The Kier molecular flexibility index (Phi) is 12.5. The molecule has 2 rings (SSSR count). The zero-order valence-electron chi connectivity index (χ0n) is 17.7. The molecule has 0 spiro atoms. The number of ether oxygens (including phenoxy) is 1. The predicted molar refractivity (Wildman–Crippen MR) is 109 cm³/mol. The van der Waals surface area contributed by atoms with Crippen molar-refractivity contribution >= 4 is 0 Å². The number of rotatable bonds is 5. The standard InChI is InChI=1S/C18H34O2.C3H8.C2H2/c1-4-9-17(10-5-7-15(2)12-17)14-20-18(19)11-6-8-16(3)13-18;1-3-2;1-2/h15-16,19H,4-14H2,1-3H3;3H2,1-2H3;1-2H/t15-,16-,17?,18?;;/m1../s1. The van der Waals surface area contributed by atoms with Gasteiger partial charge in [0.25, 0.3) is 0 Å². The van der Waals surface area contributed by atoms with E-state index in [1.165, 1.54) is 51.4 Å². The molecule has 0 radical (unpaired) electrons. The topological polar surface area (TPSA) is 29.5 Å². The number of terminal acetylenes is 1. The molecule has 2 aliphatic carbocycles. The van der Waals surface area contributed by atoms with Crippen molar-refractivity contribution in [2.75, 3.05) is 6.61 Å². The third kappa shape index (κ3) is 9.11. The molecule has 2 heteroatoms. The van der Waals surface area contributed by atoms with Gasteiger partial charge < -0.3 is 9.84 Å². The zero-order chi connectivity index (χ0) is 19.3. The molecule has 4 atom stereocenters. The van der Waals surface area contributed by atoms with Gasteiger partial charge in [0.1, 0.15) is 0 Å². The van der Waals surface area contributed by atoms with Crippen LogP contribution in [0.15, 0.2) is 0 Å². The molecule has 0 aromatic heterocycles. The second-order valence-corrected chi connectivity index (χ2v) is 8.60. The quantitative estimate of drug-likeness (QED) is 0.448. The highest BCUT2D eigenvalue weighted by Crippen LogP contribution is 2.44. The van der Waals surface area contributed by atoms with Gasteiger partial charge in [-0.05, 0) is 42.9 Å². The summed E-state index contributed by atoms with van der Waals surface area (Å²) in [5, 5.41) is 10.7. The summed E-state index contributed by atoms with van der Waals surface area (Å²) in [5.41, 5.74) is 0.336. The Morgan fingerprint density at radius 2 is 1.48 bits per heavy atom. The van der Waals surface area contributed by atoms with E-state index >= 15 is 0 Å². The first-order valence-electron chi connectivity index (χ1n) is 10.6. The summed E-state index contributed by atoms with van der Waals surface area (Å²) in [5.74, 6) is 0.582. The van der Waals surface area contributed by atoms with Gasteiger partial charge in [-0.25, -0.2) is 0 Å². The highest BCUT2D eigenvalue weighted by molar-refractivity contribution is 4.87. The Morgan fingerprint density at radius 1 is 0.960 bits per heavy atom. The van der Waals surface area contributed by atoms with E-state index in [0.717, 1.165) is 31.8 Å². The lowest BCUT2D eigenvalue weighted by Crippen LogP contribution is -2.42. The maximum Gasteiger partial charge on any atom is 0.165 e. The average molecular weight is 353 g/mol. The fourth-order valence-electron chi connectivity index (χ4n) is 4.62. The number of hydrogen-bond donors (Lipinski definition) is 1. The molecule has 0 saturated heterocycles. The Labute approximate surface area is 158 Å². The van der Waals surface area contributed by atoms with E-state index in [9.17, 15) is 5.11 Å². The third-order valence-corrected chi connectivity index (χ3v) is 5.54. The number of aliphatic hydroxyl groups is 1. The van der Waals surface area contributed by atoms with Crippen LogP contribution in [-0.4, -0.2) is 17.5 Å². The molecule has 2 aliphatic rings. The first-order chi connectivity index (χ1) is 11.9. The minimum Gasteiger partial charge on any atom is -0.365 e. The highest BCUT2D eigenvalue weighted by Gasteiger charge is 2.39. The fraction of sp³-hybridized carbons (Fsp3) is 0.913. The van der Waals surface area contributed by atoms with Crippen LogP contribution in [0.3, 0.4) is 0 Å². The Morgan fingerprint density at radius 3 is 1.96 bits per heavy atom. The second-order valence-electron chi connectivity index (χ2n) is 8.60. The molecular weight excluding hydrogens is 308 g/mol. The van der Waals surface area contributed by atoms with Crippen molar-refractivity contribution in [3.63, 3.8) is 0 Å². The van der Waals surface area contributed by atoms with Gasteiger partial charge in [-0.1, -0.05) is 66.7 Å². The van der Waals surface area contributed by atoms with Crippen LogP contribution in [-0.2, 0) is 4.74 Å². The van der Waals surface area contributed by atoms with Gasteiger partial charge in [-0.2, -0.15) is 0 Å². The summed E-state index contributed by atoms with van der Waals surface area (Å²) >= 11 is 0. The molecule has 2 saturated carbocycles. The van der Waals surface area contributed by atoms with E-state index in [1.54, 1.807) is 0 Å². The first-order valence-corrected chi connectivity index (χ1v) is 10.6. The maximum absolute atomic E-state index is 10.7. The van der Waals surface area contributed by atoms with E-state index < -0.39 is 5.79 Å². The van der Waals surface area contributed by atoms with Crippen LogP contribution < -0.4 is 0 Å². The van der Waals surface area contributed by atoms with Gasteiger partial charge in [-0.3, -0.25) is 0 Å². The lowest BCUT2D eigenvalue weighted by molar-refractivity contribution is -0.245. The SMILES string of the molecule is C#C.CCC.CCCC1(COC2(O)CCC[C@@H](C)C2)CCC[C@@H](C)C1. The van der Waals surface area contributed by atoms with Gasteiger partial charge in [0.15, 0.2) is 5.79 Å². The van der Waals surface area contributed by atoms with Crippen LogP contribution in [0, 0.1) is 30.1 Å². The van der Waals surface area contributed by atoms with Crippen molar-refractivity contribution in [3.05, 3.63) is 0 Å². The van der Waals surface area contributed by atoms with Gasteiger partial charge in [-0.15, -0.1) is 12.8 Å². The minimum atomic E-state index is -0.834. The van der Waals surface area contributed by atoms with Gasteiger partial charge in [0, 0.05) is 12.8 Å². The van der Waals surface area contributed by atoms with Crippen molar-refractivity contribution < 1.29 is 9.84 Å². The molecule has 2 fully saturated rings. The lowest BCUT2D eigenvalue weighted by atomic mass is 9.68. The predicted octanol–water partition coefficient (Wildman–Crippen LogP) is 6.56. The smallest absolute Gasteiger partial charge is 0.165 e. The largest absolute Gasteiger partial charge is 0.365 e. The molecule has 25 heavy (non-hydrogen) atoms. The Hall–Kier alpha value is -0.520. The summed E-state index contributed by atoms with van der Waals surface area (Å²) in [6.45, 7) is 11.9. The van der Waals surface area contributed by atoms with Crippen molar-refractivity contribution in [2.24, 2.45) is 17.3 Å². The maximum atomic E-state index is 10.7. The van der Waals surface area contributed by atoms with Crippen molar-refractivity contribution in [3.8, 4) is 12.8 Å². The Bertz CT molecular complexity index is 347. The van der Waals surface area contributed by atoms with Gasteiger partial charge in [0.2, 0.25) is 0 Å². The van der Waals surface area contributed by atoms with Crippen LogP contribution in [0.5, 0.6) is 0 Å². The van der Waals surface area contributed by atoms with Crippen LogP contribution in [0.25, 0.3) is 0 Å². The normalized spacial score (nSPS) is 34.9. The molecule has 2 unspecified atom stereocenters. The molecule has 2 nitrogen and oxygen atoms in total. The van der Waals surface area contributed by atoms with E-state index in [-0.39, 0.29) is 0 Å². The number of hydrogen-bond acceptors (Lipinski definition) is 2. The second kappa shape index (κ2) is 12.8. The molecule has 1 N–H and O–H groups in total. The summed E-state index contributed by atoms with van der Waals surface area (Å²) in [7, 11) is 0. The summed E-state index contributed by atoms with van der Waals surface area (Å²) < 4.78 is 6.14. The van der Waals surface area contributed by atoms with E-state index in [2.05, 4.69) is 47.5 Å². The molecule has 0 bridgehead atoms. The molecule has 0 aliphatic heterocycles. The molecule has 0 aromatic carbocycles. The lowest BCUT2D eigenvalue weighted by Gasteiger charge is -2.43. The van der Waals surface area contributed by atoms with Gasteiger partial charge in [0.05, 0.1) is 6.61 Å². The Balaban J connectivity index is 0.00000104. The third-order valence-electron chi connectivity index (χ3n) is 5.54. The zero-order valence-corrected chi connectivity index (χ0v) is 17.7. The summed E-state index contributed by atoms with van der Waals surface area (Å²) in [4.78, 5) is 0. The van der Waals surface area contributed by atoms with Gasteiger partial charge >= 0.3 is 0 Å². The van der Waals surface area contributed by atoms with Crippen LogP contribution in [0.2, 0.25) is 0 Å². The molecule has 148 valence electrons. The van der Waals surface area contributed by atoms with Crippen LogP contribution in [0.4, 0.5) is 0 Å². The summed E-state index contributed by atoms with van der Waals surface area (Å²) in [6.07, 6.45) is 21.0. The molecule has 0 heterocycles. The van der Waals surface area contributed by atoms with Crippen molar-refractivity contribution in [1.29, 1.82) is 0 Å². The van der Waals surface area contributed by atoms with Crippen LogP contribution >= 0.6 is 0 Å². The fourth-order valence-corrected chi connectivity index (χ4v) is 4.62. The minimum absolute atomic E-state index is 0.336. The van der Waals surface area contributed by atoms with Crippen LogP contribution in [0.1, 0.15) is 105 Å². The summed E-state index contributed by atoms with van der Waals surface area (Å²) in [6, 6.07) is 0. The van der Waals surface area contributed by atoms with E-state index in [1.807, 2.05) is 0 Å². The molecule has 0 aromatic rings.